The Hall–Kier alpha value is -2.74. The summed E-state index contributed by atoms with van der Waals surface area (Å²) in [5, 5.41) is 14.1. The number of aromatic nitrogens is 1. The molecule has 0 aromatic carbocycles. The summed E-state index contributed by atoms with van der Waals surface area (Å²) in [6, 6.07) is 2.51. The number of pyridine rings is 1. The van der Waals surface area contributed by atoms with Crippen LogP contribution < -0.4 is 11.1 Å². The number of fused-ring (bicyclic) bond motifs is 1. The van der Waals surface area contributed by atoms with Crippen LogP contribution in [0, 0.1) is 17.7 Å². The minimum Gasteiger partial charge on any atom is -0.409 e. The molecule has 0 radical (unpaired) electrons. The van der Waals surface area contributed by atoms with Crippen molar-refractivity contribution in [3.63, 3.8) is 0 Å². The number of hydrogen-bond donors (Lipinski definition) is 3. The van der Waals surface area contributed by atoms with Gasteiger partial charge in [-0.15, -0.1) is 0 Å². The van der Waals surface area contributed by atoms with Crippen LogP contribution in [0.15, 0.2) is 17.3 Å². The van der Waals surface area contributed by atoms with Gasteiger partial charge in [0, 0.05) is 13.0 Å². The molecule has 1 aromatic rings. The number of carbonyl (C=O) groups excluding carboxylic acids is 1. The number of amides is 1. The number of hydrogen-bond acceptors (Lipinski definition) is 7. The molecule has 150 valence electrons. The Bertz CT molecular complexity index is 848. The van der Waals surface area contributed by atoms with Gasteiger partial charge in [-0.25, -0.2) is 9.37 Å². The molecule has 3 atom stereocenters. The van der Waals surface area contributed by atoms with Gasteiger partial charge in [0.1, 0.15) is 23.6 Å². The van der Waals surface area contributed by atoms with E-state index in [9.17, 15) is 9.18 Å². The topological polar surface area (TPSA) is 128 Å². The van der Waals surface area contributed by atoms with Crippen LogP contribution in [-0.4, -0.2) is 59.2 Å². The number of nitrogens with one attached hydrogen (secondary N) is 1. The van der Waals surface area contributed by atoms with Gasteiger partial charge in [0.15, 0.2) is 23.5 Å². The molecule has 2 aliphatic rings. The van der Waals surface area contributed by atoms with Crippen molar-refractivity contribution in [2.24, 2.45) is 10.9 Å². The monoisotopic (exact) mass is 392 g/mol. The van der Waals surface area contributed by atoms with Crippen LogP contribution >= 0.6 is 0 Å². The van der Waals surface area contributed by atoms with Crippen LogP contribution in [-0.2, 0) is 19.0 Å². The third-order valence-corrected chi connectivity index (χ3v) is 4.18. The molecule has 2 saturated heterocycles. The summed E-state index contributed by atoms with van der Waals surface area (Å²) in [5.41, 5.74) is 5.34. The zero-order valence-corrected chi connectivity index (χ0v) is 15.4. The van der Waals surface area contributed by atoms with Crippen LogP contribution in [0.2, 0.25) is 0 Å². The van der Waals surface area contributed by atoms with E-state index in [1.807, 2.05) is 0 Å². The van der Waals surface area contributed by atoms with Gasteiger partial charge in [-0.05, 0) is 31.9 Å². The minimum absolute atomic E-state index is 0.251. The lowest BCUT2D eigenvalue weighted by molar-refractivity contribution is -0.178. The number of ether oxygens (including phenoxy) is 3. The minimum atomic E-state index is -0.728. The van der Waals surface area contributed by atoms with E-state index in [0.717, 1.165) is 6.07 Å². The van der Waals surface area contributed by atoms with Crippen molar-refractivity contribution >= 4 is 11.7 Å². The summed E-state index contributed by atoms with van der Waals surface area (Å²) in [5.74, 6) is 3.38. The van der Waals surface area contributed by atoms with Gasteiger partial charge >= 0.3 is 0 Å². The Morgan fingerprint density at radius 1 is 1.50 bits per heavy atom. The number of rotatable bonds is 4. The summed E-state index contributed by atoms with van der Waals surface area (Å²) in [7, 11) is 0. The summed E-state index contributed by atoms with van der Waals surface area (Å²) in [6.45, 7) is 4.20. The second-order valence-electron chi connectivity index (χ2n) is 6.75. The van der Waals surface area contributed by atoms with Gasteiger partial charge in [0.25, 0.3) is 5.91 Å². The lowest BCUT2D eigenvalue weighted by atomic mass is 10.1. The number of oxime groups is 1. The standard InChI is InChI=1S/C18H21FN4O5/c1-18(2)27-12-9-26-15(14(12)28-18)17(24)21-8-4-3-5-10-6-7-11(19)13(22-10)16(20)23-25/h6-7,12,14-15,25H,4,8-9H2,1-2H3,(H2,20,23)(H,21,24)/t12-,14-,15-/m0/s1. The Morgan fingerprint density at radius 2 is 2.29 bits per heavy atom. The zero-order valence-electron chi connectivity index (χ0n) is 15.4. The molecule has 0 unspecified atom stereocenters. The fraction of sp³-hybridized carbons (Fsp3) is 0.500. The summed E-state index contributed by atoms with van der Waals surface area (Å²) in [4.78, 5) is 16.2. The first-order valence-corrected chi connectivity index (χ1v) is 8.69. The van der Waals surface area contributed by atoms with Crippen molar-refractivity contribution < 1.29 is 28.6 Å². The van der Waals surface area contributed by atoms with Crippen LogP contribution in [0.1, 0.15) is 31.7 Å². The molecule has 3 heterocycles. The highest BCUT2D eigenvalue weighted by Crippen LogP contribution is 2.35. The molecule has 9 nitrogen and oxygen atoms in total. The molecule has 2 aliphatic heterocycles. The third-order valence-electron chi connectivity index (χ3n) is 4.18. The number of carbonyl (C=O) groups is 1. The smallest absolute Gasteiger partial charge is 0.252 e. The van der Waals surface area contributed by atoms with Crippen molar-refractivity contribution in [1.29, 1.82) is 0 Å². The molecular formula is C18H21FN4O5. The molecule has 0 spiro atoms. The summed E-state index contributed by atoms with van der Waals surface area (Å²) >= 11 is 0. The van der Waals surface area contributed by atoms with E-state index in [2.05, 4.69) is 27.3 Å². The maximum Gasteiger partial charge on any atom is 0.252 e. The largest absolute Gasteiger partial charge is 0.409 e. The summed E-state index contributed by atoms with van der Waals surface area (Å²) < 4.78 is 30.4. The highest BCUT2D eigenvalue weighted by Gasteiger charge is 2.52. The van der Waals surface area contributed by atoms with Crippen molar-refractivity contribution in [1.82, 2.24) is 10.3 Å². The van der Waals surface area contributed by atoms with Crippen molar-refractivity contribution in [2.45, 2.75) is 44.4 Å². The van der Waals surface area contributed by atoms with Crippen molar-refractivity contribution in [2.75, 3.05) is 13.2 Å². The quantitative estimate of drug-likeness (QED) is 0.165. The predicted molar refractivity (Wildman–Crippen MR) is 94.8 cm³/mol. The van der Waals surface area contributed by atoms with E-state index in [-0.39, 0.29) is 23.4 Å². The van der Waals surface area contributed by atoms with E-state index >= 15 is 0 Å². The Labute approximate surface area is 161 Å². The molecule has 1 aromatic heterocycles. The predicted octanol–water partition coefficient (Wildman–Crippen LogP) is 0.0919. The first-order chi connectivity index (χ1) is 13.3. The Balaban J connectivity index is 1.50. The SMILES string of the molecule is CC1(C)O[C@H]2[C@H](CO[C@@H]2C(=O)NCCC#Cc2ccc(F)c(/C(N)=N\O)n2)O1. The fourth-order valence-electron chi connectivity index (χ4n) is 3.01. The zero-order chi connectivity index (χ0) is 20.3. The van der Waals surface area contributed by atoms with Gasteiger partial charge in [-0.2, -0.15) is 0 Å². The molecule has 1 amide bonds. The molecule has 28 heavy (non-hydrogen) atoms. The number of nitrogens with zero attached hydrogens (tertiary/aromatic N) is 2. The molecule has 0 aliphatic carbocycles. The van der Waals surface area contributed by atoms with E-state index in [1.54, 1.807) is 13.8 Å². The van der Waals surface area contributed by atoms with E-state index < -0.39 is 29.6 Å². The first-order valence-electron chi connectivity index (χ1n) is 8.69. The highest BCUT2D eigenvalue weighted by molar-refractivity contribution is 5.95. The van der Waals surface area contributed by atoms with Crippen molar-refractivity contribution in [3.8, 4) is 11.8 Å². The fourth-order valence-corrected chi connectivity index (χ4v) is 3.01. The van der Waals surface area contributed by atoms with Crippen LogP contribution in [0.4, 0.5) is 4.39 Å². The maximum absolute atomic E-state index is 13.6. The van der Waals surface area contributed by atoms with Gasteiger partial charge in [-0.1, -0.05) is 11.1 Å². The van der Waals surface area contributed by atoms with E-state index in [1.165, 1.54) is 6.07 Å². The Kier molecular flexibility index (Phi) is 5.79. The van der Waals surface area contributed by atoms with Crippen LogP contribution in [0.5, 0.6) is 0 Å². The number of amidine groups is 1. The van der Waals surface area contributed by atoms with Crippen LogP contribution in [0.3, 0.4) is 0 Å². The second kappa shape index (κ2) is 8.10. The van der Waals surface area contributed by atoms with Gasteiger partial charge < -0.3 is 30.5 Å². The lowest BCUT2D eigenvalue weighted by Crippen LogP contribution is -2.43. The van der Waals surface area contributed by atoms with Crippen molar-refractivity contribution in [3.05, 3.63) is 29.3 Å². The normalized spacial score (nSPS) is 25.7. The third kappa shape index (κ3) is 4.39. The average molecular weight is 392 g/mol. The van der Waals surface area contributed by atoms with Gasteiger partial charge in [0.2, 0.25) is 0 Å². The average Bonchev–Trinajstić information content (AvgIpc) is 3.16. The van der Waals surface area contributed by atoms with Gasteiger partial charge in [-0.3, -0.25) is 4.79 Å². The lowest BCUT2D eigenvalue weighted by Gasteiger charge is -2.21. The first kappa shape index (κ1) is 20.0. The van der Waals surface area contributed by atoms with Crippen LogP contribution in [0.25, 0.3) is 0 Å². The molecule has 0 bridgehead atoms. The van der Waals surface area contributed by atoms with E-state index in [0.29, 0.717) is 19.6 Å². The molecule has 3 rings (SSSR count). The highest BCUT2D eigenvalue weighted by atomic mass is 19.1. The number of nitrogens with two attached hydrogens (primary N) is 1. The molecule has 10 heteroatoms. The summed E-state index contributed by atoms with van der Waals surface area (Å²) in [6.07, 6.45) is -1.06. The molecule has 4 N–H and O–H groups in total. The number of halogens is 1. The molecule has 2 fully saturated rings. The molecular weight excluding hydrogens is 371 g/mol. The second-order valence-corrected chi connectivity index (χ2v) is 6.75. The Morgan fingerprint density at radius 3 is 3.04 bits per heavy atom. The molecule has 0 saturated carbocycles. The maximum atomic E-state index is 13.6. The van der Waals surface area contributed by atoms with Gasteiger partial charge in [0.05, 0.1) is 6.61 Å². The van der Waals surface area contributed by atoms with E-state index in [4.69, 9.17) is 25.2 Å².